The standard InChI is InChI=1S/C51H36N6O15/c58-46(59)31-16-32(47(60)61)20-40(19-31)55-52-37-1-7-43(8-2-37)70-25-28-13-29(26-71-44-9-3-38(4-10-44)53-56-41-21-33(48(62)63)17-34(22-41)49(64)65)15-30(14-28)27-72-45-11-5-39(6-12-45)54-57-42-23-35(50(66)67)18-36(24-42)51(68)69/h1-24H,25-27H2,(H,58,59)(H,60,61)(H,62,63)(H,64,65)(H,66,67)(H,68,69). The van der Waals surface area contributed by atoms with Gasteiger partial charge in [0.15, 0.2) is 0 Å². The predicted molar refractivity (Wildman–Crippen MR) is 252 cm³/mol. The molecule has 0 saturated heterocycles. The Morgan fingerprint density at radius 2 is 0.472 bits per heavy atom. The minimum Gasteiger partial charge on any atom is -0.489 e. The van der Waals surface area contributed by atoms with Crippen molar-refractivity contribution in [3.8, 4) is 17.2 Å². The Bertz CT molecular complexity index is 2860. The number of carboxylic acid groups (broad SMARTS) is 6. The van der Waals surface area contributed by atoms with Gasteiger partial charge >= 0.3 is 35.8 Å². The average Bonchev–Trinajstić information content (AvgIpc) is 3.37. The lowest BCUT2D eigenvalue weighted by molar-refractivity contribution is 0.0676. The molecule has 7 rings (SSSR count). The maximum atomic E-state index is 11.5. The highest BCUT2D eigenvalue weighted by Gasteiger charge is 2.15. The predicted octanol–water partition coefficient (Wildman–Crippen LogP) is 11.9. The van der Waals surface area contributed by atoms with Gasteiger partial charge in [-0.15, -0.1) is 0 Å². The van der Waals surface area contributed by atoms with Crippen molar-refractivity contribution in [2.24, 2.45) is 30.7 Å². The van der Waals surface area contributed by atoms with Crippen molar-refractivity contribution in [3.05, 3.63) is 196 Å². The highest BCUT2D eigenvalue weighted by Crippen LogP contribution is 2.28. The van der Waals surface area contributed by atoms with E-state index in [2.05, 4.69) is 30.7 Å². The van der Waals surface area contributed by atoms with E-state index in [-0.39, 0.29) is 70.3 Å². The third-order valence-electron chi connectivity index (χ3n) is 9.92. The topological polar surface area (TPSA) is 326 Å². The van der Waals surface area contributed by atoms with Crippen LogP contribution in [0.4, 0.5) is 34.1 Å². The molecule has 0 aliphatic carbocycles. The summed E-state index contributed by atoms with van der Waals surface area (Å²) in [6.45, 7) is 0.315. The Hall–Kier alpha value is -10.4. The van der Waals surface area contributed by atoms with Gasteiger partial charge in [0.1, 0.15) is 37.1 Å². The van der Waals surface area contributed by atoms with Gasteiger partial charge in [0, 0.05) is 0 Å². The van der Waals surface area contributed by atoms with Gasteiger partial charge in [-0.25, -0.2) is 28.8 Å². The normalized spacial score (nSPS) is 11.2. The van der Waals surface area contributed by atoms with E-state index < -0.39 is 35.8 Å². The molecule has 360 valence electrons. The summed E-state index contributed by atoms with van der Waals surface area (Å²) < 4.78 is 18.3. The van der Waals surface area contributed by atoms with Crippen LogP contribution < -0.4 is 14.2 Å². The fraction of sp³-hybridized carbons (Fsp3) is 0.0588. The molecule has 0 unspecified atom stereocenters. The summed E-state index contributed by atoms with van der Waals surface area (Å²) in [6, 6.07) is 35.5. The Balaban J connectivity index is 1.04. The summed E-state index contributed by atoms with van der Waals surface area (Å²) in [5.41, 5.74) is 1.97. The van der Waals surface area contributed by atoms with Crippen molar-refractivity contribution in [1.82, 2.24) is 0 Å². The van der Waals surface area contributed by atoms with E-state index in [1.54, 1.807) is 72.8 Å². The number of rotatable bonds is 21. The van der Waals surface area contributed by atoms with Gasteiger partial charge in [-0.3, -0.25) is 0 Å². The average molecular weight is 973 g/mol. The summed E-state index contributed by atoms with van der Waals surface area (Å²) in [6.07, 6.45) is 0. The third-order valence-corrected chi connectivity index (χ3v) is 9.92. The van der Waals surface area contributed by atoms with E-state index in [1.165, 1.54) is 36.4 Å². The highest BCUT2D eigenvalue weighted by molar-refractivity contribution is 5.97. The Kier molecular flexibility index (Phi) is 15.5. The first-order chi connectivity index (χ1) is 34.5. The maximum absolute atomic E-state index is 11.5. The van der Waals surface area contributed by atoms with Crippen molar-refractivity contribution in [2.45, 2.75) is 19.8 Å². The van der Waals surface area contributed by atoms with Crippen LogP contribution in [0.25, 0.3) is 0 Å². The number of nitrogens with zero attached hydrogens (tertiary/aromatic N) is 6. The zero-order valence-corrected chi connectivity index (χ0v) is 37.0. The molecular formula is C51H36N6O15. The molecule has 0 aromatic heterocycles. The van der Waals surface area contributed by atoms with Gasteiger partial charge in [-0.2, -0.15) is 30.7 Å². The molecule has 0 heterocycles. The second-order valence-electron chi connectivity index (χ2n) is 15.2. The SMILES string of the molecule is O=C(O)c1cc(N=Nc2ccc(OCc3cc(COc4ccc(N=Nc5cc(C(=O)O)cc(C(=O)O)c5)cc4)cc(COc4ccc(N=Nc5cc(C(=O)O)cc(C(=O)O)c5)cc4)c3)cc2)cc(C(=O)O)c1. The van der Waals surface area contributed by atoms with Gasteiger partial charge in [-0.05, 0) is 162 Å². The van der Waals surface area contributed by atoms with E-state index >= 15 is 0 Å². The second kappa shape index (κ2) is 22.6. The van der Waals surface area contributed by atoms with Gasteiger partial charge in [0.2, 0.25) is 0 Å². The Morgan fingerprint density at radius 1 is 0.278 bits per heavy atom. The molecule has 7 aromatic carbocycles. The smallest absolute Gasteiger partial charge is 0.335 e. The van der Waals surface area contributed by atoms with Gasteiger partial charge in [0.05, 0.1) is 67.5 Å². The maximum Gasteiger partial charge on any atom is 0.335 e. The zero-order valence-electron chi connectivity index (χ0n) is 37.0. The van der Waals surface area contributed by atoms with Gasteiger partial charge in [0.25, 0.3) is 0 Å². The minimum atomic E-state index is -1.31. The van der Waals surface area contributed by atoms with E-state index in [1.807, 2.05) is 18.2 Å². The van der Waals surface area contributed by atoms with Gasteiger partial charge < -0.3 is 44.8 Å². The number of benzene rings is 7. The van der Waals surface area contributed by atoms with E-state index in [0.29, 0.717) is 34.3 Å². The number of azo groups is 3. The summed E-state index contributed by atoms with van der Waals surface area (Å²) >= 11 is 0. The molecule has 0 radical (unpaired) electrons. The van der Waals surface area contributed by atoms with Crippen LogP contribution in [0.5, 0.6) is 17.2 Å². The second-order valence-corrected chi connectivity index (χ2v) is 15.2. The lowest BCUT2D eigenvalue weighted by Gasteiger charge is -2.13. The van der Waals surface area contributed by atoms with Crippen LogP contribution in [0, 0.1) is 0 Å². The number of carbonyl (C=O) groups is 6. The molecule has 72 heavy (non-hydrogen) atoms. The fourth-order valence-electron chi connectivity index (χ4n) is 6.51. The molecule has 6 N–H and O–H groups in total. The van der Waals surface area contributed by atoms with Crippen LogP contribution in [-0.4, -0.2) is 66.5 Å². The number of aromatic carboxylic acids is 6. The fourth-order valence-corrected chi connectivity index (χ4v) is 6.51. The van der Waals surface area contributed by atoms with E-state index in [0.717, 1.165) is 34.9 Å². The summed E-state index contributed by atoms with van der Waals surface area (Å²) in [4.78, 5) is 68.9. The number of carboxylic acids is 6. The van der Waals surface area contributed by atoms with Crippen molar-refractivity contribution < 1.29 is 73.6 Å². The van der Waals surface area contributed by atoms with Crippen LogP contribution in [0.1, 0.15) is 78.8 Å². The quantitative estimate of drug-likeness (QED) is 0.0365. The van der Waals surface area contributed by atoms with Crippen molar-refractivity contribution in [3.63, 3.8) is 0 Å². The molecule has 0 aliphatic rings. The van der Waals surface area contributed by atoms with Crippen LogP contribution in [0.3, 0.4) is 0 Å². The third kappa shape index (κ3) is 13.8. The highest BCUT2D eigenvalue weighted by atomic mass is 16.5. The number of hydrogen-bond donors (Lipinski definition) is 6. The minimum absolute atomic E-state index is 0.0387. The first-order valence-electron chi connectivity index (χ1n) is 20.9. The molecule has 21 nitrogen and oxygen atoms in total. The lowest BCUT2D eigenvalue weighted by Crippen LogP contribution is -2.03. The molecule has 0 saturated carbocycles. The molecule has 21 heteroatoms. The number of ether oxygens (including phenoxy) is 3. The Labute approximate surface area is 405 Å². The Morgan fingerprint density at radius 3 is 0.667 bits per heavy atom. The van der Waals surface area contributed by atoms with Crippen LogP contribution in [-0.2, 0) is 19.8 Å². The lowest BCUT2D eigenvalue weighted by atomic mass is 10.1. The molecule has 0 fully saturated rings. The molecule has 0 aliphatic heterocycles. The van der Waals surface area contributed by atoms with Gasteiger partial charge in [-0.1, -0.05) is 0 Å². The summed E-state index contributed by atoms with van der Waals surface area (Å²) in [5, 5.41) is 80.5. The molecule has 0 spiro atoms. The molecule has 0 amide bonds. The summed E-state index contributed by atoms with van der Waals surface area (Å²) in [5.74, 6) is -6.48. The molecule has 0 bridgehead atoms. The number of hydrogen-bond acceptors (Lipinski definition) is 15. The summed E-state index contributed by atoms with van der Waals surface area (Å²) in [7, 11) is 0. The van der Waals surface area contributed by atoms with Crippen LogP contribution in [0.15, 0.2) is 176 Å². The van der Waals surface area contributed by atoms with E-state index in [4.69, 9.17) is 14.2 Å². The van der Waals surface area contributed by atoms with Crippen molar-refractivity contribution in [1.29, 1.82) is 0 Å². The van der Waals surface area contributed by atoms with Crippen LogP contribution in [0.2, 0.25) is 0 Å². The first-order valence-corrected chi connectivity index (χ1v) is 20.9. The largest absolute Gasteiger partial charge is 0.489 e. The molecule has 7 aromatic rings. The van der Waals surface area contributed by atoms with Crippen molar-refractivity contribution in [2.75, 3.05) is 0 Å². The molecular weight excluding hydrogens is 937 g/mol. The first kappa shape index (κ1) is 49.5. The monoisotopic (exact) mass is 972 g/mol. The van der Waals surface area contributed by atoms with Crippen LogP contribution >= 0.6 is 0 Å². The van der Waals surface area contributed by atoms with E-state index in [9.17, 15) is 59.4 Å². The zero-order chi connectivity index (χ0) is 51.3. The van der Waals surface area contributed by atoms with Crippen molar-refractivity contribution >= 4 is 69.9 Å². The molecule has 0 atom stereocenters.